The molecule has 222 valence electrons. The molecule has 9 nitrogen and oxygen atoms in total. The number of aryl methyl sites for hydroxylation is 1. The average Bonchev–Trinajstić information content (AvgIpc) is 3.46. The summed E-state index contributed by atoms with van der Waals surface area (Å²) < 4.78 is 26.3. The van der Waals surface area contributed by atoms with Crippen LogP contribution >= 0.6 is 23.2 Å². The third kappa shape index (κ3) is 6.13. The zero-order valence-corrected chi connectivity index (χ0v) is 24.8. The molecule has 5 rings (SSSR count). The number of ether oxygens (including phenoxy) is 2. The van der Waals surface area contributed by atoms with Crippen LogP contribution in [0.3, 0.4) is 0 Å². The number of aldehydes is 1. The van der Waals surface area contributed by atoms with Crippen molar-refractivity contribution < 1.29 is 28.2 Å². The molecule has 3 aromatic carbocycles. The Bertz CT molecular complexity index is 1720. The summed E-state index contributed by atoms with van der Waals surface area (Å²) in [4.78, 5) is 36.2. The number of nitrogens with one attached hydrogen (secondary N) is 2. The van der Waals surface area contributed by atoms with Crippen molar-refractivity contribution >= 4 is 47.1 Å². The maximum Gasteiger partial charge on any atom is 0.319 e. The highest BCUT2D eigenvalue weighted by molar-refractivity contribution is 6.39. The first-order valence-corrected chi connectivity index (χ1v) is 14.1. The van der Waals surface area contributed by atoms with Crippen LogP contribution < -0.4 is 15.4 Å². The van der Waals surface area contributed by atoms with Gasteiger partial charge in [-0.15, -0.1) is 0 Å². The fraction of sp³-hybridized carbons (Fsp3) is 0.226. The van der Waals surface area contributed by atoms with Crippen LogP contribution in [0.15, 0.2) is 54.6 Å². The number of esters is 1. The summed E-state index contributed by atoms with van der Waals surface area (Å²) in [5.74, 6) is -1.48. The number of hydrogen-bond acceptors (Lipinski definition) is 7. The summed E-state index contributed by atoms with van der Waals surface area (Å²) >= 11 is 13.6. The molecule has 0 saturated carbocycles. The Kier molecular flexibility index (Phi) is 9.10. The smallest absolute Gasteiger partial charge is 0.319 e. The van der Waals surface area contributed by atoms with Gasteiger partial charge in [0, 0.05) is 29.3 Å². The summed E-state index contributed by atoms with van der Waals surface area (Å²) in [7, 11) is 2.68. The first-order chi connectivity index (χ1) is 20.7. The largest absolute Gasteiger partial charge is 0.496 e. The summed E-state index contributed by atoms with van der Waals surface area (Å²) in [6.07, 6.45) is 2.02. The topological polar surface area (TPSA) is 112 Å². The van der Waals surface area contributed by atoms with Gasteiger partial charge < -0.3 is 14.8 Å². The SMILES string of the molecule is COC(=O)CNC1CCCn2nc(C(=O)Nc3cccc(-c4cccc(-c5cc(F)c(C=O)c(OC)c5)c4Cl)c3Cl)cc21. The molecule has 1 aromatic heterocycles. The number of hydrogen-bond donors (Lipinski definition) is 2. The standard InChI is InChI=1S/C31H27Cl2FN4O5/c1-42-27-13-17(12-22(34)21(27)16-39)18-6-3-7-19(29(18)32)20-8-4-9-24(30(20)33)36-31(41)25-14-26-23(35-15-28(40)43-2)10-5-11-38(26)37-25/h3-4,6-9,12-14,16,23,35H,5,10-11,15H2,1-2H3,(H,36,41). The van der Waals surface area contributed by atoms with Crippen LogP contribution in [0, 0.1) is 5.82 Å². The highest BCUT2D eigenvalue weighted by Gasteiger charge is 2.26. The second-order valence-electron chi connectivity index (χ2n) is 9.81. The summed E-state index contributed by atoms with van der Waals surface area (Å²) in [6, 6.07) is 14.7. The van der Waals surface area contributed by atoms with Crippen LogP contribution in [0.25, 0.3) is 22.3 Å². The molecule has 2 heterocycles. The van der Waals surface area contributed by atoms with Crippen molar-refractivity contribution in [3.63, 3.8) is 0 Å². The molecule has 0 spiro atoms. The predicted molar refractivity (Wildman–Crippen MR) is 161 cm³/mol. The van der Waals surface area contributed by atoms with Gasteiger partial charge in [0.05, 0.1) is 47.8 Å². The number of benzene rings is 3. The van der Waals surface area contributed by atoms with Gasteiger partial charge in [0.1, 0.15) is 11.6 Å². The highest BCUT2D eigenvalue weighted by atomic mass is 35.5. The number of nitrogens with zero attached hydrogens (tertiary/aromatic N) is 2. The lowest BCUT2D eigenvalue weighted by Crippen LogP contribution is -2.32. The normalized spacial score (nSPS) is 14.1. The number of rotatable bonds is 9. The average molecular weight is 625 g/mol. The number of fused-ring (bicyclic) bond motifs is 1. The Balaban J connectivity index is 1.42. The van der Waals surface area contributed by atoms with Crippen molar-refractivity contribution in [2.24, 2.45) is 0 Å². The van der Waals surface area contributed by atoms with E-state index in [2.05, 4.69) is 15.7 Å². The number of anilines is 1. The van der Waals surface area contributed by atoms with Crippen molar-refractivity contribution in [3.8, 4) is 28.0 Å². The fourth-order valence-corrected chi connectivity index (χ4v) is 5.71. The Morgan fingerprint density at radius 3 is 2.51 bits per heavy atom. The molecule has 1 aliphatic rings. The monoisotopic (exact) mass is 624 g/mol. The molecule has 12 heteroatoms. The molecule has 0 aliphatic carbocycles. The lowest BCUT2D eigenvalue weighted by molar-refractivity contribution is -0.139. The van der Waals surface area contributed by atoms with E-state index in [9.17, 15) is 18.8 Å². The lowest BCUT2D eigenvalue weighted by Gasteiger charge is -2.24. The van der Waals surface area contributed by atoms with Gasteiger partial charge in [0.2, 0.25) is 0 Å². The van der Waals surface area contributed by atoms with Gasteiger partial charge in [-0.3, -0.25) is 24.4 Å². The van der Waals surface area contributed by atoms with Crippen molar-refractivity contribution in [2.45, 2.75) is 25.4 Å². The Morgan fingerprint density at radius 2 is 1.79 bits per heavy atom. The minimum absolute atomic E-state index is 0.0482. The van der Waals surface area contributed by atoms with E-state index < -0.39 is 11.7 Å². The van der Waals surface area contributed by atoms with E-state index in [1.165, 1.54) is 26.4 Å². The highest BCUT2D eigenvalue weighted by Crippen LogP contribution is 2.42. The number of amides is 1. The summed E-state index contributed by atoms with van der Waals surface area (Å²) in [6.45, 7) is 0.699. The van der Waals surface area contributed by atoms with Gasteiger partial charge in [0.15, 0.2) is 12.0 Å². The predicted octanol–water partition coefficient (Wildman–Crippen LogP) is 6.33. The van der Waals surface area contributed by atoms with Crippen LogP contribution in [0.1, 0.15) is 45.4 Å². The van der Waals surface area contributed by atoms with Crippen molar-refractivity contribution in [3.05, 3.63) is 87.4 Å². The summed E-state index contributed by atoms with van der Waals surface area (Å²) in [5, 5.41) is 11.0. The van der Waals surface area contributed by atoms with E-state index in [0.717, 1.165) is 18.5 Å². The number of aromatic nitrogens is 2. The van der Waals surface area contributed by atoms with E-state index in [1.807, 2.05) is 0 Å². The molecule has 2 N–H and O–H groups in total. The Hall–Kier alpha value is -4.25. The minimum Gasteiger partial charge on any atom is -0.496 e. The zero-order valence-electron chi connectivity index (χ0n) is 23.2. The second kappa shape index (κ2) is 12.9. The van der Waals surface area contributed by atoms with Crippen LogP contribution in [-0.4, -0.2) is 48.7 Å². The fourth-order valence-electron chi connectivity index (χ4n) is 5.10. The number of methoxy groups -OCH3 is 2. The van der Waals surface area contributed by atoms with Crippen molar-refractivity contribution in [1.82, 2.24) is 15.1 Å². The van der Waals surface area contributed by atoms with Crippen molar-refractivity contribution in [2.75, 3.05) is 26.1 Å². The van der Waals surface area contributed by atoms with E-state index in [4.69, 9.17) is 32.7 Å². The molecule has 43 heavy (non-hydrogen) atoms. The van der Waals surface area contributed by atoms with E-state index >= 15 is 0 Å². The molecule has 1 aliphatic heterocycles. The van der Waals surface area contributed by atoms with Gasteiger partial charge >= 0.3 is 5.97 Å². The molecule has 0 saturated heterocycles. The molecular weight excluding hydrogens is 598 g/mol. The molecule has 1 unspecified atom stereocenters. The number of halogens is 3. The van der Waals surface area contributed by atoms with E-state index in [-0.39, 0.29) is 40.6 Å². The third-order valence-electron chi connectivity index (χ3n) is 7.26. The number of carbonyl (C=O) groups excluding carboxylic acids is 3. The van der Waals surface area contributed by atoms with Crippen LogP contribution in [0.2, 0.25) is 10.0 Å². The maximum absolute atomic E-state index is 14.7. The van der Waals surface area contributed by atoms with E-state index in [1.54, 1.807) is 47.1 Å². The Labute approximate surface area is 256 Å². The van der Waals surface area contributed by atoms with Gasteiger partial charge in [-0.05, 0) is 42.7 Å². The molecule has 1 amide bonds. The maximum atomic E-state index is 14.7. The van der Waals surface area contributed by atoms with Crippen LogP contribution in [-0.2, 0) is 16.1 Å². The van der Waals surface area contributed by atoms with Gasteiger partial charge in [0.25, 0.3) is 5.91 Å². The lowest BCUT2D eigenvalue weighted by atomic mass is 9.97. The third-order valence-corrected chi connectivity index (χ3v) is 8.07. The summed E-state index contributed by atoms with van der Waals surface area (Å²) in [5.41, 5.74) is 3.18. The molecular formula is C31H27Cl2FN4O5. The zero-order chi connectivity index (χ0) is 30.7. The van der Waals surface area contributed by atoms with Gasteiger partial charge in [-0.2, -0.15) is 5.10 Å². The molecule has 1 atom stereocenters. The quantitative estimate of drug-likeness (QED) is 0.165. The minimum atomic E-state index is -0.736. The molecule has 0 fully saturated rings. The second-order valence-corrected chi connectivity index (χ2v) is 10.6. The van der Waals surface area contributed by atoms with E-state index in [0.29, 0.717) is 45.8 Å². The van der Waals surface area contributed by atoms with Gasteiger partial charge in [-0.1, -0.05) is 53.5 Å². The van der Waals surface area contributed by atoms with Gasteiger partial charge in [-0.25, -0.2) is 4.39 Å². The Morgan fingerprint density at radius 1 is 1.07 bits per heavy atom. The first-order valence-electron chi connectivity index (χ1n) is 13.4. The van der Waals surface area contributed by atoms with Crippen LogP contribution in [0.5, 0.6) is 5.75 Å². The molecule has 4 aromatic rings. The number of carbonyl (C=O) groups is 3. The van der Waals surface area contributed by atoms with Crippen LogP contribution in [0.4, 0.5) is 10.1 Å². The van der Waals surface area contributed by atoms with Crippen molar-refractivity contribution in [1.29, 1.82) is 0 Å². The molecule has 0 bridgehead atoms. The first kappa shape index (κ1) is 30.2. The molecule has 0 radical (unpaired) electrons.